The van der Waals surface area contributed by atoms with Crippen molar-refractivity contribution < 1.29 is 4.57 Å². The molecule has 0 aliphatic carbocycles. The van der Waals surface area contributed by atoms with Crippen molar-refractivity contribution in [3.05, 3.63) is 53.7 Å². The lowest BCUT2D eigenvalue weighted by Gasteiger charge is -2.47. The Bertz CT molecular complexity index is 697. The van der Waals surface area contributed by atoms with E-state index >= 15 is 0 Å². The highest BCUT2D eigenvalue weighted by Gasteiger charge is 2.57. The average molecular weight is 294 g/mol. The van der Waals surface area contributed by atoms with E-state index in [4.69, 9.17) is 0 Å². The molecule has 1 aromatic carbocycles. The van der Waals surface area contributed by atoms with Gasteiger partial charge in [-0.3, -0.25) is 0 Å². The van der Waals surface area contributed by atoms with Crippen LogP contribution in [0.2, 0.25) is 0 Å². The average Bonchev–Trinajstić information content (AvgIpc) is 2.56. The molecule has 2 aromatic rings. The molecule has 1 heteroatoms. The molecule has 0 saturated heterocycles. The number of pyridine rings is 1. The number of nitrogens with zero attached hydrogens (tertiary/aromatic N) is 1. The Morgan fingerprint density at radius 1 is 0.955 bits per heavy atom. The third kappa shape index (κ3) is 1.74. The van der Waals surface area contributed by atoms with Crippen LogP contribution in [0.1, 0.15) is 58.1 Å². The summed E-state index contributed by atoms with van der Waals surface area (Å²) in [4.78, 5) is 0. The molecule has 1 aliphatic heterocycles. The molecule has 3 rings (SSSR count). The minimum absolute atomic E-state index is 0.152. The van der Waals surface area contributed by atoms with Crippen LogP contribution in [0.4, 0.5) is 0 Å². The number of hydrogen-bond donors (Lipinski definition) is 0. The summed E-state index contributed by atoms with van der Waals surface area (Å²) in [5, 5.41) is 0. The van der Waals surface area contributed by atoms with E-state index in [1.165, 1.54) is 22.4 Å². The highest BCUT2D eigenvalue weighted by Crippen LogP contribution is 2.50. The molecule has 0 saturated carbocycles. The lowest BCUT2D eigenvalue weighted by molar-refractivity contribution is -0.769. The van der Waals surface area contributed by atoms with Gasteiger partial charge in [0.1, 0.15) is 0 Å². The van der Waals surface area contributed by atoms with Crippen LogP contribution < -0.4 is 4.57 Å². The Morgan fingerprint density at radius 3 is 2.27 bits per heavy atom. The van der Waals surface area contributed by atoms with E-state index < -0.39 is 0 Å². The van der Waals surface area contributed by atoms with Gasteiger partial charge in [0.05, 0.1) is 11.0 Å². The first kappa shape index (κ1) is 15.3. The van der Waals surface area contributed by atoms with Crippen LogP contribution in [0.25, 0.3) is 11.3 Å². The van der Waals surface area contributed by atoms with Gasteiger partial charge in [0, 0.05) is 25.0 Å². The molecule has 1 nitrogen and oxygen atoms in total. The molecule has 0 radical (unpaired) electrons. The lowest BCUT2D eigenvalue weighted by Crippen LogP contribution is -2.68. The molecule has 1 atom stereocenters. The first-order valence-electron chi connectivity index (χ1n) is 8.66. The van der Waals surface area contributed by atoms with Gasteiger partial charge in [-0.25, -0.2) is 0 Å². The molecule has 0 bridgehead atoms. The maximum absolute atomic E-state index is 2.58. The minimum Gasteiger partial charge on any atom is -0.192 e. The van der Waals surface area contributed by atoms with Crippen molar-refractivity contribution in [2.24, 2.45) is 0 Å². The van der Waals surface area contributed by atoms with Crippen molar-refractivity contribution in [1.29, 1.82) is 0 Å². The van der Waals surface area contributed by atoms with Gasteiger partial charge in [0.15, 0.2) is 11.7 Å². The second kappa shape index (κ2) is 5.22. The molecule has 1 aromatic heterocycles. The molecular weight excluding hydrogens is 266 g/mol. The fraction of sp³-hybridized carbons (Fsp3) is 0.476. The Hall–Kier alpha value is -1.63. The van der Waals surface area contributed by atoms with E-state index in [-0.39, 0.29) is 11.0 Å². The standard InChI is InChI=1S/C21H28N/c1-6-20(5)18-12-10-9-11-17(18)19-15-16(4)13-14-22(19)21(20,7-2)8-3/h9-15H,6-8H2,1-5H3/q+1. The number of aromatic nitrogens is 1. The van der Waals surface area contributed by atoms with Gasteiger partial charge >= 0.3 is 0 Å². The highest BCUT2D eigenvalue weighted by atomic mass is 15.1. The van der Waals surface area contributed by atoms with E-state index in [9.17, 15) is 0 Å². The number of fused-ring (bicyclic) bond motifs is 3. The predicted octanol–water partition coefficient (Wildman–Crippen LogP) is 5.15. The Balaban J connectivity index is 2.45. The van der Waals surface area contributed by atoms with Crippen LogP contribution in [0.3, 0.4) is 0 Å². The molecule has 1 unspecified atom stereocenters. The first-order chi connectivity index (χ1) is 10.5. The topological polar surface area (TPSA) is 3.88 Å². The van der Waals surface area contributed by atoms with Gasteiger partial charge in [-0.05, 0) is 37.5 Å². The van der Waals surface area contributed by atoms with E-state index in [0.717, 1.165) is 19.3 Å². The van der Waals surface area contributed by atoms with E-state index in [1.54, 1.807) is 0 Å². The quantitative estimate of drug-likeness (QED) is 0.690. The van der Waals surface area contributed by atoms with Crippen molar-refractivity contribution in [3.63, 3.8) is 0 Å². The molecule has 116 valence electrons. The molecule has 0 amide bonds. The maximum atomic E-state index is 2.58. The van der Waals surface area contributed by atoms with Crippen LogP contribution in [0, 0.1) is 6.92 Å². The Kier molecular flexibility index (Phi) is 3.63. The summed E-state index contributed by atoms with van der Waals surface area (Å²) in [7, 11) is 0. The van der Waals surface area contributed by atoms with E-state index in [2.05, 4.69) is 81.8 Å². The SMILES string of the molecule is CCC1(C)c2ccccc2-c2cc(C)cc[n+]2C1(CC)CC. The van der Waals surface area contributed by atoms with Crippen LogP contribution in [0.5, 0.6) is 0 Å². The van der Waals surface area contributed by atoms with Gasteiger partial charge < -0.3 is 0 Å². The zero-order chi connectivity index (χ0) is 16.0. The number of aryl methyl sites for hydroxylation is 1. The summed E-state index contributed by atoms with van der Waals surface area (Å²) in [6.45, 7) is 11.7. The van der Waals surface area contributed by atoms with Crippen LogP contribution in [-0.4, -0.2) is 0 Å². The smallest absolute Gasteiger partial charge is 0.192 e. The minimum atomic E-state index is 0.152. The molecule has 0 N–H and O–H groups in total. The zero-order valence-corrected chi connectivity index (χ0v) is 14.6. The van der Waals surface area contributed by atoms with E-state index in [0.29, 0.717) is 0 Å². The summed E-state index contributed by atoms with van der Waals surface area (Å²) < 4.78 is 2.58. The second-order valence-corrected chi connectivity index (χ2v) is 6.93. The first-order valence-corrected chi connectivity index (χ1v) is 8.66. The normalized spacial score (nSPS) is 22.0. The zero-order valence-electron chi connectivity index (χ0n) is 14.6. The van der Waals surface area contributed by atoms with Crippen molar-refractivity contribution in [3.8, 4) is 11.3 Å². The lowest BCUT2D eigenvalue weighted by atomic mass is 9.59. The molecule has 2 heterocycles. The summed E-state index contributed by atoms with van der Waals surface area (Å²) in [5.74, 6) is 0. The van der Waals surface area contributed by atoms with Crippen molar-refractivity contribution in [1.82, 2.24) is 0 Å². The third-order valence-corrected chi connectivity index (χ3v) is 6.27. The molecular formula is C21H28N+. The summed E-state index contributed by atoms with van der Waals surface area (Å²) in [6.07, 6.45) is 5.79. The van der Waals surface area contributed by atoms with E-state index in [1.807, 2.05) is 0 Å². The van der Waals surface area contributed by atoms with Gasteiger partial charge in [0.2, 0.25) is 5.69 Å². The summed E-state index contributed by atoms with van der Waals surface area (Å²) >= 11 is 0. The van der Waals surface area contributed by atoms with Gasteiger partial charge in [-0.1, -0.05) is 39.0 Å². The van der Waals surface area contributed by atoms with Crippen LogP contribution in [0.15, 0.2) is 42.6 Å². The van der Waals surface area contributed by atoms with Gasteiger partial charge in [-0.2, -0.15) is 4.57 Å². The van der Waals surface area contributed by atoms with Crippen LogP contribution in [-0.2, 0) is 11.0 Å². The molecule has 1 aliphatic rings. The number of rotatable bonds is 3. The van der Waals surface area contributed by atoms with Crippen LogP contribution >= 0.6 is 0 Å². The second-order valence-electron chi connectivity index (χ2n) is 6.93. The third-order valence-electron chi connectivity index (χ3n) is 6.27. The summed E-state index contributed by atoms with van der Waals surface area (Å²) in [5.41, 5.74) is 5.96. The number of hydrogen-bond acceptors (Lipinski definition) is 0. The monoisotopic (exact) mass is 294 g/mol. The fourth-order valence-corrected chi connectivity index (χ4v) is 4.78. The summed E-state index contributed by atoms with van der Waals surface area (Å²) in [6, 6.07) is 13.6. The van der Waals surface area contributed by atoms with Crippen molar-refractivity contribution >= 4 is 0 Å². The molecule has 0 spiro atoms. The van der Waals surface area contributed by atoms with Gasteiger partial charge in [0.25, 0.3) is 0 Å². The maximum Gasteiger partial charge on any atom is 0.213 e. The van der Waals surface area contributed by atoms with Crippen molar-refractivity contribution in [2.45, 2.75) is 64.8 Å². The molecule has 0 fully saturated rings. The molecule has 22 heavy (non-hydrogen) atoms. The predicted molar refractivity (Wildman–Crippen MR) is 93.0 cm³/mol. The Labute approximate surface area is 135 Å². The number of benzene rings is 1. The largest absolute Gasteiger partial charge is 0.213 e. The van der Waals surface area contributed by atoms with Crippen molar-refractivity contribution in [2.75, 3.05) is 0 Å². The van der Waals surface area contributed by atoms with Gasteiger partial charge in [-0.15, -0.1) is 0 Å². The fourth-order valence-electron chi connectivity index (χ4n) is 4.78. The highest BCUT2D eigenvalue weighted by molar-refractivity contribution is 5.65. The Morgan fingerprint density at radius 2 is 1.64 bits per heavy atom.